The third kappa shape index (κ3) is 3.42. The Morgan fingerprint density at radius 2 is 1.88 bits per heavy atom. The van der Waals surface area contributed by atoms with Gasteiger partial charge in [0.1, 0.15) is 11.5 Å². The summed E-state index contributed by atoms with van der Waals surface area (Å²) in [4.78, 5) is 10.5. The van der Waals surface area contributed by atoms with Gasteiger partial charge in [0.15, 0.2) is 5.76 Å². The maximum Gasteiger partial charge on any atom is 0.220 e. The van der Waals surface area contributed by atoms with E-state index >= 15 is 0 Å². The molecule has 1 aliphatic rings. The highest BCUT2D eigenvalue weighted by molar-refractivity contribution is 5.80. The number of nitrogen functional groups attached to an aromatic ring is 1. The predicted molar refractivity (Wildman–Crippen MR) is 93.4 cm³/mol. The maximum absolute atomic E-state index is 13.3. The van der Waals surface area contributed by atoms with Gasteiger partial charge in [-0.25, -0.2) is 14.4 Å². The molecule has 1 fully saturated rings. The van der Waals surface area contributed by atoms with E-state index in [4.69, 9.17) is 15.0 Å². The Kier molecular flexibility index (Phi) is 4.59. The fourth-order valence-corrected chi connectivity index (χ4v) is 2.98. The van der Waals surface area contributed by atoms with Crippen molar-refractivity contribution in [2.45, 2.75) is 6.54 Å². The average Bonchev–Trinajstić information content (AvgIpc) is 3.07. The van der Waals surface area contributed by atoms with Gasteiger partial charge in [-0.2, -0.15) is 0 Å². The lowest BCUT2D eigenvalue weighted by molar-refractivity contribution is 0.0306. The van der Waals surface area contributed by atoms with E-state index in [1.807, 2.05) is 0 Å². The molecule has 0 atom stereocenters. The van der Waals surface area contributed by atoms with E-state index < -0.39 is 0 Å². The summed E-state index contributed by atoms with van der Waals surface area (Å²) in [5.74, 6) is 0.550. The van der Waals surface area contributed by atoms with Gasteiger partial charge in [-0.05, 0) is 30.3 Å². The van der Waals surface area contributed by atoms with Crippen LogP contribution < -0.4 is 5.73 Å². The van der Waals surface area contributed by atoms with E-state index in [2.05, 4.69) is 20.0 Å². The Hall–Kier alpha value is -2.84. The lowest BCUT2D eigenvalue weighted by Crippen LogP contribution is -2.35. The largest absolute Gasteiger partial charge is 0.379 e. The molecule has 134 valence electrons. The van der Waals surface area contributed by atoms with Crippen LogP contribution in [0.4, 0.5) is 10.3 Å². The second-order valence-electron chi connectivity index (χ2n) is 6.02. The molecule has 0 aliphatic carbocycles. The summed E-state index contributed by atoms with van der Waals surface area (Å²) in [6.07, 6.45) is 1.59. The van der Waals surface area contributed by atoms with E-state index in [-0.39, 0.29) is 11.8 Å². The molecule has 7 nitrogen and oxygen atoms in total. The second-order valence-corrected chi connectivity index (χ2v) is 6.02. The highest BCUT2D eigenvalue weighted by Crippen LogP contribution is 2.34. The van der Waals surface area contributed by atoms with Gasteiger partial charge in [-0.1, -0.05) is 5.16 Å². The van der Waals surface area contributed by atoms with Crippen molar-refractivity contribution >= 4 is 5.95 Å². The molecule has 0 spiro atoms. The van der Waals surface area contributed by atoms with E-state index in [1.54, 1.807) is 24.4 Å². The van der Waals surface area contributed by atoms with Crippen LogP contribution in [0.2, 0.25) is 0 Å². The molecule has 0 radical (unpaired) electrons. The fourth-order valence-electron chi connectivity index (χ4n) is 2.98. The minimum Gasteiger partial charge on any atom is -0.379 e. The van der Waals surface area contributed by atoms with E-state index in [1.165, 1.54) is 12.1 Å². The Labute approximate surface area is 149 Å². The van der Waals surface area contributed by atoms with Gasteiger partial charge in [-0.3, -0.25) is 4.90 Å². The number of nitrogens with zero attached hydrogens (tertiary/aromatic N) is 4. The lowest BCUT2D eigenvalue weighted by Gasteiger charge is -2.25. The Morgan fingerprint density at radius 1 is 1.12 bits per heavy atom. The number of rotatable bonds is 4. The third-order valence-electron chi connectivity index (χ3n) is 4.28. The van der Waals surface area contributed by atoms with E-state index in [0.29, 0.717) is 36.9 Å². The molecule has 1 saturated heterocycles. The Morgan fingerprint density at radius 3 is 2.62 bits per heavy atom. The zero-order chi connectivity index (χ0) is 17.9. The molecule has 8 heteroatoms. The van der Waals surface area contributed by atoms with Crippen LogP contribution in [0.15, 0.2) is 41.1 Å². The van der Waals surface area contributed by atoms with Crippen molar-refractivity contribution < 1.29 is 13.7 Å². The molecule has 0 amide bonds. The molecule has 3 aromatic rings. The maximum atomic E-state index is 13.3. The van der Waals surface area contributed by atoms with Crippen LogP contribution in [0.25, 0.3) is 22.5 Å². The number of aromatic nitrogens is 3. The van der Waals surface area contributed by atoms with E-state index in [9.17, 15) is 4.39 Å². The monoisotopic (exact) mass is 355 g/mol. The van der Waals surface area contributed by atoms with Crippen molar-refractivity contribution in [2.75, 3.05) is 32.0 Å². The third-order valence-corrected chi connectivity index (χ3v) is 4.28. The van der Waals surface area contributed by atoms with Gasteiger partial charge >= 0.3 is 0 Å². The molecule has 3 heterocycles. The van der Waals surface area contributed by atoms with Crippen LogP contribution >= 0.6 is 0 Å². The van der Waals surface area contributed by atoms with Gasteiger partial charge in [0.05, 0.1) is 31.0 Å². The summed E-state index contributed by atoms with van der Waals surface area (Å²) in [7, 11) is 0. The van der Waals surface area contributed by atoms with E-state index in [0.717, 1.165) is 24.2 Å². The van der Waals surface area contributed by atoms with Crippen molar-refractivity contribution in [3.8, 4) is 22.5 Å². The van der Waals surface area contributed by atoms with Crippen LogP contribution in [0, 0.1) is 5.82 Å². The Balaban J connectivity index is 1.77. The zero-order valence-electron chi connectivity index (χ0n) is 14.1. The number of anilines is 1. The van der Waals surface area contributed by atoms with Crippen LogP contribution in [0.3, 0.4) is 0 Å². The minimum absolute atomic E-state index is 0.172. The Bertz CT molecular complexity index is 891. The van der Waals surface area contributed by atoms with Crippen LogP contribution in [-0.4, -0.2) is 46.3 Å². The number of halogens is 1. The second kappa shape index (κ2) is 7.19. The predicted octanol–water partition coefficient (Wildman–Crippen LogP) is 2.35. The molecule has 0 bridgehead atoms. The van der Waals surface area contributed by atoms with Crippen LogP contribution in [-0.2, 0) is 11.3 Å². The number of hydrogen-bond acceptors (Lipinski definition) is 7. The highest BCUT2D eigenvalue weighted by Gasteiger charge is 2.23. The number of benzene rings is 1. The summed E-state index contributed by atoms with van der Waals surface area (Å²) in [6, 6.07) is 7.88. The first kappa shape index (κ1) is 16.6. The van der Waals surface area contributed by atoms with Gasteiger partial charge in [0.2, 0.25) is 5.95 Å². The molecule has 0 unspecified atom stereocenters. The number of ether oxygens (including phenoxy) is 1. The number of nitrogens with two attached hydrogens (primary N) is 1. The van der Waals surface area contributed by atoms with Gasteiger partial charge < -0.3 is 15.0 Å². The van der Waals surface area contributed by atoms with Crippen molar-refractivity contribution in [1.82, 2.24) is 20.0 Å². The molecule has 1 aliphatic heterocycles. The molecule has 26 heavy (non-hydrogen) atoms. The minimum atomic E-state index is -0.307. The zero-order valence-corrected chi connectivity index (χ0v) is 14.1. The normalized spacial score (nSPS) is 15.3. The van der Waals surface area contributed by atoms with Crippen molar-refractivity contribution in [1.29, 1.82) is 0 Å². The molecule has 2 aromatic heterocycles. The summed E-state index contributed by atoms with van der Waals surface area (Å²) < 4.78 is 24.3. The fraction of sp³-hybridized carbons (Fsp3) is 0.278. The standard InChI is InChI=1S/C18H18FN5O2/c19-13-3-1-12(2-4-13)17-16(14-5-6-21-18(20)22-14)15(26-23-17)11-24-7-9-25-10-8-24/h1-6H,7-11H2,(H2,20,21,22). The molecular formula is C18H18FN5O2. The van der Waals surface area contributed by atoms with Crippen molar-refractivity contribution in [3.63, 3.8) is 0 Å². The lowest BCUT2D eigenvalue weighted by atomic mass is 10.0. The molecule has 1 aromatic carbocycles. The topological polar surface area (TPSA) is 90.3 Å². The summed E-state index contributed by atoms with van der Waals surface area (Å²) in [6.45, 7) is 3.59. The quantitative estimate of drug-likeness (QED) is 0.768. The SMILES string of the molecule is Nc1nccc(-c2c(-c3ccc(F)cc3)noc2CN2CCOCC2)n1. The van der Waals surface area contributed by atoms with Gasteiger partial charge in [-0.15, -0.1) is 0 Å². The first-order valence-electron chi connectivity index (χ1n) is 8.34. The van der Waals surface area contributed by atoms with Crippen molar-refractivity contribution in [3.05, 3.63) is 48.1 Å². The molecule has 0 saturated carbocycles. The summed E-state index contributed by atoms with van der Waals surface area (Å²) >= 11 is 0. The van der Waals surface area contributed by atoms with Crippen molar-refractivity contribution in [2.24, 2.45) is 0 Å². The molecule has 4 rings (SSSR count). The number of morpholine rings is 1. The average molecular weight is 355 g/mol. The number of hydrogen-bond donors (Lipinski definition) is 1. The summed E-state index contributed by atoms with van der Waals surface area (Å²) in [5.41, 5.74) is 8.48. The van der Waals surface area contributed by atoms with Crippen LogP contribution in [0.5, 0.6) is 0 Å². The molecule has 2 N–H and O–H groups in total. The molecular weight excluding hydrogens is 337 g/mol. The first-order valence-corrected chi connectivity index (χ1v) is 8.34. The van der Waals surface area contributed by atoms with Gasteiger partial charge in [0, 0.05) is 24.8 Å². The van der Waals surface area contributed by atoms with Gasteiger partial charge in [0.25, 0.3) is 0 Å². The highest BCUT2D eigenvalue weighted by atomic mass is 19.1. The first-order chi connectivity index (χ1) is 12.7. The summed E-state index contributed by atoms with van der Waals surface area (Å²) in [5, 5.41) is 4.23. The van der Waals surface area contributed by atoms with Crippen LogP contribution in [0.1, 0.15) is 5.76 Å². The smallest absolute Gasteiger partial charge is 0.220 e.